The smallest absolute Gasteiger partial charge is 0.133 e. The summed E-state index contributed by atoms with van der Waals surface area (Å²) < 4.78 is 0. The van der Waals surface area contributed by atoms with Gasteiger partial charge in [-0.15, -0.1) is 11.6 Å². The molecule has 0 amide bonds. The van der Waals surface area contributed by atoms with Gasteiger partial charge < -0.3 is 4.90 Å². The molecule has 0 saturated heterocycles. The molecule has 2 nitrogen and oxygen atoms in total. The van der Waals surface area contributed by atoms with E-state index >= 15 is 0 Å². The van der Waals surface area contributed by atoms with Gasteiger partial charge in [0.15, 0.2) is 0 Å². The van der Waals surface area contributed by atoms with Crippen LogP contribution in [0, 0.1) is 17.2 Å². The molecule has 0 aliphatic carbocycles. The second-order valence-electron chi connectivity index (χ2n) is 3.34. The van der Waals surface area contributed by atoms with Gasteiger partial charge in [-0.25, -0.2) is 0 Å². The van der Waals surface area contributed by atoms with E-state index in [2.05, 4.69) is 25.7 Å². The van der Waals surface area contributed by atoms with Gasteiger partial charge in [-0.05, 0) is 12.5 Å². The minimum absolute atomic E-state index is 0.372. The van der Waals surface area contributed by atoms with Crippen molar-refractivity contribution in [1.29, 1.82) is 5.26 Å². The number of nitrogens with zero attached hydrogens (tertiary/aromatic N) is 2. The summed E-state index contributed by atoms with van der Waals surface area (Å²) in [6.07, 6.45) is 0. The van der Waals surface area contributed by atoms with Crippen LogP contribution in [0.3, 0.4) is 0 Å². The van der Waals surface area contributed by atoms with Crippen LogP contribution in [-0.2, 0) is 0 Å². The molecule has 0 aromatic carbocycles. The van der Waals surface area contributed by atoms with Crippen molar-refractivity contribution < 1.29 is 0 Å². The lowest BCUT2D eigenvalue weighted by molar-refractivity contribution is 0.263. The van der Waals surface area contributed by atoms with Gasteiger partial charge in [-0.3, -0.25) is 0 Å². The number of hydrogen-bond donors (Lipinski definition) is 0. The third kappa shape index (κ3) is 5.40. The molecule has 3 heteroatoms. The molecule has 12 heavy (non-hydrogen) atoms. The molecule has 0 saturated carbocycles. The first kappa shape index (κ1) is 11.7. The quantitative estimate of drug-likeness (QED) is 0.618. The Balaban J connectivity index is 3.76. The molecule has 0 aliphatic rings. The first-order valence-electron chi connectivity index (χ1n) is 4.36. The van der Waals surface area contributed by atoms with Crippen LogP contribution in [-0.4, -0.2) is 29.9 Å². The van der Waals surface area contributed by atoms with E-state index in [0.717, 1.165) is 13.1 Å². The van der Waals surface area contributed by atoms with E-state index in [1.165, 1.54) is 0 Å². The molecule has 0 aromatic heterocycles. The maximum Gasteiger partial charge on any atom is 0.133 e. The van der Waals surface area contributed by atoms with Gasteiger partial charge in [-0.2, -0.15) is 5.26 Å². The molecule has 0 N–H and O–H groups in total. The standard InChI is InChI=1S/C9H17ClN2/c1-4-12(6-8(2)3)7-9(10)5-11/h8-9H,4,6-7H2,1-3H3. The third-order valence-corrected chi connectivity index (χ3v) is 1.86. The molecule has 0 fully saturated rings. The van der Waals surface area contributed by atoms with Crippen molar-refractivity contribution in [2.45, 2.75) is 26.1 Å². The molecular formula is C9H17ClN2. The van der Waals surface area contributed by atoms with Gasteiger partial charge in [0.2, 0.25) is 0 Å². The van der Waals surface area contributed by atoms with Crippen molar-refractivity contribution in [2.24, 2.45) is 5.92 Å². The summed E-state index contributed by atoms with van der Waals surface area (Å²) in [5, 5.41) is 8.13. The van der Waals surface area contributed by atoms with Crippen LogP contribution in [0.25, 0.3) is 0 Å². The molecule has 70 valence electrons. The highest BCUT2D eigenvalue weighted by atomic mass is 35.5. The fraction of sp³-hybridized carbons (Fsp3) is 0.889. The van der Waals surface area contributed by atoms with Crippen molar-refractivity contribution in [3.05, 3.63) is 0 Å². The molecule has 0 aromatic rings. The van der Waals surface area contributed by atoms with Crippen molar-refractivity contribution in [3.8, 4) is 6.07 Å². The molecule has 0 bridgehead atoms. The molecule has 0 rings (SSSR count). The lowest BCUT2D eigenvalue weighted by atomic mass is 10.2. The summed E-state index contributed by atoms with van der Waals surface area (Å²) >= 11 is 5.72. The molecule has 1 unspecified atom stereocenters. The summed E-state index contributed by atoms with van der Waals surface area (Å²) in [4.78, 5) is 2.20. The highest BCUT2D eigenvalue weighted by Crippen LogP contribution is 2.02. The number of rotatable bonds is 5. The lowest BCUT2D eigenvalue weighted by Crippen LogP contribution is -2.32. The molecular weight excluding hydrogens is 172 g/mol. The van der Waals surface area contributed by atoms with E-state index in [1.54, 1.807) is 0 Å². The van der Waals surface area contributed by atoms with Crippen molar-refractivity contribution >= 4 is 11.6 Å². The Morgan fingerprint density at radius 2 is 2.00 bits per heavy atom. The Morgan fingerprint density at radius 3 is 2.33 bits per heavy atom. The maximum atomic E-state index is 8.50. The maximum absolute atomic E-state index is 8.50. The van der Waals surface area contributed by atoms with Crippen LogP contribution < -0.4 is 0 Å². The molecule has 0 radical (unpaired) electrons. The van der Waals surface area contributed by atoms with Crippen molar-refractivity contribution in [2.75, 3.05) is 19.6 Å². The summed E-state index contributed by atoms with van der Waals surface area (Å²) in [5.74, 6) is 0.632. The summed E-state index contributed by atoms with van der Waals surface area (Å²) in [7, 11) is 0. The van der Waals surface area contributed by atoms with Crippen LogP contribution in [0.15, 0.2) is 0 Å². The van der Waals surface area contributed by atoms with Crippen LogP contribution in [0.5, 0.6) is 0 Å². The Morgan fingerprint density at radius 1 is 1.42 bits per heavy atom. The van der Waals surface area contributed by atoms with Gasteiger partial charge in [-0.1, -0.05) is 20.8 Å². The van der Waals surface area contributed by atoms with Crippen LogP contribution >= 0.6 is 11.6 Å². The van der Waals surface area contributed by atoms with Crippen molar-refractivity contribution in [3.63, 3.8) is 0 Å². The second kappa shape index (κ2) is 6.28. The zero-order valence-electron chi connectivity index (χ0n) is 8.05. The van der Waals surface area contributed by atoms with E-state index in [9.17, 15) is 0 Å². The first-order valence-corrected chi connectivity index (χ1v) is 4.79. The predicted molar refractivity (Wildman–Crippen MR) is 52.2 cm³/mol. The van der Waals surface area contributed by atoms with Crippen LogP contribution in [0.2, 0.25) is 0 Å². The summed E-state index contributed by atoms with van der Waals surface area (Å²) in [6.45, 7) is 9.07. The van der Waals surface area contributed by atoms with E-state index in [-0.39, 0.29) is 5.38 Å². The minimum atomic E-state index is -0.372. The zero-order valence-corrected chi connectivity index (χ0v) is 8.80. The third-order valence-electron chi connectivity index (χ3n) is 1.63. The highest BCUT2D eigenvalue weighted by Gasteiger charge is 2.10. The van der Waals surface area contributed by atoms with Gasteiger partial charge >= 0.3 is 0 Å². The van der Waals surface area contributed by atoms with Gasteiger partial charge in [0, 0.05) is 13.1 Å². The first-order chi connectivity index (χ1) is 5.60. The highest BCUT2D eigenvalue weighted by molar-refractivity contribution is 6.22. The van der Waals surface area contributed by atoms with E-state index in [1.807, 2.05) is 6.07 Å². The van der Waals surface area contributed by atoms with Gasteiger partial charge in [0.25, 0.3) is 0 Å². The normalized spacial score (nSPS) is 13.4. The van der Waals surface area contributed by atoms with Crippen LogP contribution in [0.4, 0.5) is 0 Å². The predicted octanol–water partition coefficient (Wildman–Crippen LogP) is 2.10. The monoisotopic (exact) mass is 188 g/mol. The Bertz CT molecular complexity index is 151. The second-order valence-corrected chi connectivity index (χ2v) is 3.87. The van der Waals surface area contributed by atoms with E-state index in [4.69, 9.17) is 16.9 Å². The average molecular weight is 189 g/mol. The van der Waals surface area contributed by atoms with Gasteiger partial charge in [0.1, 0.15) is 5.38 Å². The van der Waals surface area contributed by atoms with E-state index in [0.29, 0.717) is 12.5 Å². The molecule has 0 aliphatic heterocycles. The van der Waals surface area contributed by atoms with Gasteiger partial charge in [0.05, 0.1) is 6.07 Å². The molecule has 1 atom stereocenters. The fourth-order valence-corrected chi connectivity index (χ4v) is 1.31. The van der Waals surface area contributed by atoms with Crippen LogP contribution in [0.1, 0.15) is 20.8 Å². The largest absolute Gasteiger partial charge is 0.301 e. The number of alkyl halides is 1. The van der Waals surface area contributed by atoms with E-state index < -0.39 is 0 Å². The number of hydrogen-bond acceptors (Lipinski definition) is 2. The molecule has 0 heterocycles. The lowest BCUT2D eigenvalue weighted by Gasteiger charge is -2.22. The van der Waals surface area contributed by atoms with Crippen molar-refractivity contribution in [1.82, 2.24) is 4.90 Å². The number of nitriles is 1. The Kier molecular flexibility index (Phi) is 6.14. The Labute approximate surface area is 80.1 Å². The number of halogens is 1. The Hall–Kier alpha value is -0.260. The average Bonchev–Trinajstić information content (AvgIpc) is 2.02. The fourth-order valence-electron chi connectivity index (χ4n) is 1.12. The topological polar surface area (TPSA) is 27.0 Å². The zero-order chi connectivity index (χ0) is 9.56. The summed E-state index contributed by atoms with van der Waals surface area (Å²) in [6, 6.07) is 2.03. The minimum Gasteiger partial charge on any atom is -0.301 e. The summed E-state index contributed by atoms with van der Waals surface area (Å²) in [5.41, 5.74) is 0. The molecule has 0 spiro atoms. The SMILES string of the molecule is CCN(CC(C)C)CC(Cl)C#N.